The second kappa shape index (κ2) is 5.65. The second-order valence-electron chi connectivity index (χ2n) is 2.73. The Morgan fingerprint density at radius 2 is 2.00 bits per heavy atom. The molecule has 3 nitrogen and oxygen atoms in total. The van der Waals surface area contributed by atoms with Gasteiger partial charge in [-0.1, -0.05) is 6.92 Å². The molecule has 0 amide bonds. The van der Waals surface area contributed by atoms with E-state index in [0.717, 1.165) is 19.5 Å². The lowest BCUT2D eigenvalue weighted by Crippen LogP contribution is -2.46. The third-order valence-electron chi connectivity index (χ3n) is 1.48. The molecular weight excluding hydrogens is 126 g/mol. The molecule has 0 aromatic rings. The summed E-state index contributed by atoms with van der Waals surface area (Å²) in [5.41, 5.74) is 11.2. The van der Waals surface area contributed by atoms with E-state index in [9.17, 15) is 0 Å². The third-order valence-corrected chi connectivity index (χ3v) is 1.48. The Balaban J connectivity index is 3.13. The Kier molecular flexibility index (Phi) is 5.58. The van der Waals surface area contributed by atoms with Gasteiger partial charge in [0.25, 0.3) is 0 Å². The van der Waals surface area contributed by atoms with Crippen molar-refractivity contribution in [2.24, 2.45) is 11.5 Å². The lowest BCUT2D eigenvalue weighted by Gasteiger charge is -2.15. The maximum atomic E-state index is 5.67. The van der Waals surface area contributed by atoms with Crippen molar-refractivity contribution in [3.63, 3.8) is 0 Å². The molecule has 0 spiro atoms. The van der Waals surface area contributed by atoms with Crippen molar-refractivity contribution in [2.45, 2.75) is 32.4 Å². The van der Waals surface area contributed by atoms with Crippen LogP contribution in [-0.4, -0.2) is 25.2 Å². The van der Waals surface area contributed by atoms with Gasteiger partial charge in [-0.2, -0.15) is 0 Å². The van der Waals surface area contributed by atoms with Gasteiger partial charge in [-0.3, -0.25) is 0 Å². The monoisotopic (exact) mass is 145 g/mol. The molecule has 0 rings (SSSR count). The Labute approximate surface area is 63.2 Å². The van der Waals surface area contributed by atoms with Gasteiger partial charge >= 0.3 is 0 Å². The lowest BCUT2D eigenvalue weighted by molar-refractivity contribution is 0.509. The summed E-state index contributed by atoms with van der Waals surface area (Å²) >= 11 is 0. The van der Waals surface area contributed by atoms with Gasteiger partial charge in [-0.15, -0.1) is 0 Å². The molecule has 0 bridgehead atoms. The highest BCUT2D eigenvalue weighted by atomic mass is 14.9. The molecule has 2 unspecified atom stereocenters. The van der Waals surface area contributed by atoms with E-state index in [2.05, 4.69) is 12.2 Å². The van der Waals surface area contributed by atoms with Crippen molar-refractivity contribution in [1.29, 1.82) is 0 Å². The molecule has 10 heavy (non-hydrogen) atoms. The van der Waals surface area contributed by atoms with Crippen molar-refractivity contribution in [3.05, 3.63) is 0 Å². The van der Waals surface area contributed by atoms with E-state index >= 15 is 0 Å². The van der Waals surface area contributed by atoms with Crippen molar-refractivity contribution in [1.82, 2.24) is 5.32 Å². The molecular formula is C7H19N3. The van der Waals surface area contributed by atoms with E-state index in [0.29, 0.717) is 0 Å². The highest BCUT2D eigenvalue weighted by Crippen LogP contribution is 1.82. The van der Waals surface area contributed by atoms with Crippen LogP contribution in [-0.2, 0) is 0 Å². The molecule has 0 heterocycles. The topological polar surface area (TPSA) is 64.1 Å². The molecule has 0 aromatic heterocycles. The molecule has 2 atom stereocenters. The van der Waals surface area contributed by atoms with Gasteiger partial charge in [0, 0.05) is 18.6 Å². The van der Waals surface area contributed by atoms with Crippen LogP contribution in [0.2, 0.25) is 0 Å². The minimum Gasteiger partial charge on any atom is -0.327 e. The summed E-state index contributed by atoms with van der Waals surface area (Å²) in [4.78, 5) is 0. The Bertz CT molecular complexity index is 73.3. The van der Waals surface area contributed by atoms with Crippen LogP contribution in [0.25, 0.3) is 0 Å². The number of nitrogens with one attached hydrogen (secondary N) is 1. The van der Waals surface area contributed by atoms with Gasteiger partial charge in [0.1, 0.15) is 0 Å². The zero-order chi connectivity index (χ0) is 7.98. The SMILES string of the molecule is CCCNCC(N)C(C)N. The minimum atomic E-state index is 0.0874. The van der Waals surface area contributed by atoms with Gasteiger partial charge < -0.3 is 16.8 Å². The highest BCUT2D eigenvalue weighted by Gasteiger charge is 2.05. The fourth-order valence-corrected chi connectivity index (χ4v) is 0.631. The zero-order valence-corrected chi connectivity index (χ0v) is 6.93. The van der Waals surface area contributed by atoms with Crippen LogP contribution in [0.3, 0.4) is 0 Å². The molecule has 3 heteroatoms. The van der Waals surface area contributed by atoms with Crippen molar-refractivity contribution >= 4 is 0 Å². The quantitative estimate of drug-likeness (QED) is 0.464. The smallest absolute Gasteiger partial charge is 0.0316 e. The summed E-state index contributed by atoms with van der Waals surface area (Å²) in [5, 5.41) is 3.21. The van der Waals surface area contributed by atoms with Gasteiger partial charge in [0.15, 0.2) is 0 Å². The van der Waals surface area contributed by atoms with Crippen molar-refractivity contribution < 1.29 is 0 Å². The van der Waals surface area contributed by atoms with Crippen molar-refractivity contribution in [3.8, 4) is 0 Å². The highest BCUT2D eigenvalue weighted by molar-refractivity contribution is 4.73. The molecule has 0 aromatic carbocycles. The second-order valence-corrected chi connectivity index (χ2v) is 2.73. The number of nitrogens with two attached hydrogens (primary N) is 2. The van der Waals surface area contributed by atoms with Gasteiger partial charge in [-0.05, 0) is 19.9 Å². The van der Waals surface area contributed by atoms with Crippen LogP contribution >= 0.6 is 0 Å². The summed E-state index contributed by atoms with van der Waals surface area (Å²) in [6, 6.07) is 0.177. The van der Waals surface area contributed by atoms with E-state index in [1.165, 1.54) is 0 Å². The molecule has 0 saturated heterocycles. The minimum absolute atomic E-state index is 0.0874. The molecule has 0 aliphatic rings. The van der Waals surface area contributed by atoms with E-state index in [-0.39, 0.29) is 12.1 Å². The van der Waals surface area contributed by atoms with Crippen LogP contribution in [0.15, 0.2) is 0 Å². The van der Waals surface area contributed by atoms with Crippen LogP contribution in [0.1, 0.15) is 20.3 Å². The van der Waals surface area contributed by atoms with Crippen molar-refractivity contribution in [2.75, 3.05) is 13.1 Å². The van der Waals surface area contributed by atoms with Gasteiger partial charge in [0.05, 0.1) is 0 Å². The molecule has 0 aliphatic carbocycles. The van der Waals surface area contributed by atoms with Crippen LogP contribution in [0, 0.1) is 0 Å². The molecule has 0 saturated carbocycles. The van der Waals surface area contributed by atoms with E-state index < -0.39 is 0 Å². The fraction of sp³-hybridized carbons (Fsp3) is 1.00. The average Bonchev–Trinajstić information content (AvgIpc) is 1.88. The summed E-state index contributed by atoms with van der Waals surface area (Å²) in [7, 11) is 0. The van der Waals surface area contributed by atoms with E-state index in [1.54, 1.807) is 0 Å². The summed E-state index contributed by atoms with van der Waals surface area (Å²) < 4.78 is 0. The maximum absolute atomic E-state index is 5.67. The van der Waals surface area contributed by atoms with E-state index in [1.807, 2.05) is 6.92 Å². The first kappa shape index (κ1) is 9.88. The maximum Gasteiger partial charge on any atom is 0.0316 e. The van der Waals surface area contributed by atoms with Crippen LogP contribution in [0.5, 0.6) is 0 Å². The van der Waals surface area contributed by atoms with Gasteiger partial charge in [-0.25, -0.2) is 0 Å². The first-order valence-electron chi connectivity index (χ1n) is 3.90. The number of hydrogen-bond acceptors (Lipinski definition) is 3. The molecule has 0 fully saturated rings. The number of hydrogen-bond donors (Lipinski definition) is 3. The zero-order valence-electron chi connectivity index (χ0n) is 6.93. The molecule has 0 radical (unpaired) electrons. The van der Waals surface area contributed by atoms with Crippen LogP contribution < -0.4 is 16.8 Å². The first-order valence-corrected chi connectivity index (χ1v) is 3.90. The van der Waals surface area contributed by atoms with Gasteiger partial charge in [0.2, 0.25) is 0 Å². The Hall–Kier alpha value is -0.120. The molecule has 0 aliphatic heterocycles. The lowest BCUT2D eigenvalue weighted by atomic mass is 10.2. The summed E-state index contributed by atoms with van der Waals surface area (Å²) in [6.07, 6.45) is 1.14. The fourth-order valence-electron chi connectivity index (χ4n) is 0.631. The predicted molar refractivity (Wildman–Crippen MR) is 44.8 cm³/mol. The normalized spacial score (nSPS) is 16.8. The summed E-state index contributed by atoms with van der Waals surface area (Å²) in [6.45, 7) is 5.91. The average molecular weight is 145 g/mol. The standard InChI is InChI=1S/C7H19N3/c1-3-4-10-5-7(9)6(2)8/h6-7,10H,3-5,8-9H2,1-2H3. The number of rotatable bonds is 5. The largest absolute Gasteiger partial charge is 0.327 e. The third kappa shape index (κ3) is 4.73. The predicted octanol–water partition coefficient (Wildman–Crippen LogP) is -0.339. The van der Waals surface area contributed by atoms with E-state index in [4.69, 9.17) is 11.5 Å². The van der Waals surface area contributed by atoms with Crippen LogP contribution in [0.4, 0.5) is 0 Å². The molecule has 62 valence electrons. The molecule has 5 N–H and O–H groups in total. The first-order chi connectivity index (χ1) is 4.68. The Morgan fingerprint density at radius 3 is 2.40 bits per heavy atom. The Morgan fingerprint density at radius 1 is 1.40 bits per heavy atom. The summed E-state index contributed by atoms with van der Waals surface area (Å²) in [5.74, 6) is 0.